The summed E-state index contributed by atoms with van der Waals surface area (Å²) in [6.07, 6.45) is 3.31. The van der Waals surface area contributed by atoms with Crippen molar-refractivity contribution in [1.82, 2.24) is 29.5 Å². The second-order valence-electron chi connectivity index (χ2n) is 6.48. The second kappa shape index (κ2) is 6.94. The second-order valence-corrected chi connectivity index (χ2v) is 7.61. The molecule has 0 aliphatic carbocycles. The number of benzene rings is 1. The molecule has 0 spiro atoms. The number of H-pyrrole nitrogens is 1. The summed E-state index contributed by atoms with van der Waals surface area (Å²) in [6, 6.07) is 7.57. The van der Waals surface area contributed by atoms with Crippen LogP contribution in [-0.2, 0) is 0 Å². The normalized spacial score (nSPS) is 11.3. The SMILES string of the molecule is Cc1cc(-c2nc(C)co2)cc(-c2nsc(Nc3ccc4[nH]ncc4c3Cl)n2)n1. The minimum absolute atomic E-state index is 0.520. The summed E-state index contributed by atoms with van der Waals surface area (Å²) >= 11 is 7.71. The van der Waals surface area contributed by atoms with Gasteiger partial charge >= 0.3 is 0 Å². The van der Waals surface area contributed by atoms with Gasteiger partial charge < -0.3 is 9.73 Å². The van der Waals surface area contributed by atoms with Crippen LogP contribution in [-0.4, -0.2) is 29.5 Å². The van der Waals surface area contributed by atoms with E-state index in [1.807, 2.05) is 38.1 Å². The van der Waals surface area contributed by atoms with Gasteiger partial charge in [0.25, 0.3) is 0 Å². The van der Waals surface area contributed by atoms with E-state index in [0.29, 0.717) is 27.6 Å². The quantitative estimate of drug-likeness (QED) is 0.412. The molecular formula is C19H14ClN7OS. The van der Waals surface area contributed by atoms with Crippen molar-refractivity contribution in [3.05, 3.63) is 53.1 Å². The minimum atomic E-state index is 0.520. The molecule has 4 heterocycles. The number of halogens is 1. The molecule has 5 aromatic rings. The van der Waals surface area contributed by atoms with Crippen LogP contribution in [0.1, 0.15) is 11.4 Å². The largest absolute Gasteiger partial charge is 0.444 e. The highest BCUT2D eigenvalue weighted by Gasteiger charge is 2.14. The van der Waals surface area contributed by atoms with E-state index in [1.54, 1.807) is 12.5 Å². The third-order valence-electron chi connectivity index (χ3n) is 4.27. The smallest absolute Gasteiger partial charge is 0.226 e. The van der Waals surface area contributed by atoms with Gasteiger partial charge in [-0.15, -0.1) is 0 Å². The summed E-state index contributed by atoms with van der Waals surface area (Å²) in [4.78, 5) is 13.5. The number of hydrogen-bond donors (Lipinski definition) is 2. The topological polar surface area (TPSA) is 105 Å². The summed E-state index contributed by atoms with van der Waals surface area (Å²) < 4.78 is 9.95. The maximum Gasteiger partial charge on any atom is 0.226 e. The molecule has 0 unspecified atom stereocenters. The number of hydrogen-bond acceptors (Lipinski definition) is 8. The van der Waals surface area contributed by atoms with Gasteiger partial charge in [0.2, 0.25) is 11.0 Å². The van der Waals surface area contributed by atoms with Gasteiger partial charge in [0.05, 0.1) is 28.1 Å². The molecule has 0 bridgehead atoms. The first-order chi connectivity index (χ1) is 14.1. The van der Waals surface area contributed by atoms with Crippen molar-refractivity contribution in [2.45, 2.75) is 13.8 Å². The summed E-state index contributed by atoms with van der Waals surface area (Å²) in [6.45, 7) is 3.79. The number of aromatic nitrogens is 6. The van der Waals surface area contributed by atoms with E-state index in [2.05, 4.69) is 34.8 Å². The third kappa shape index (κ3) is 3.34. The molecule has 5 rings (SSSR count). The molecule has 8 nitrogen and oxygen atoms in total. The molecule has 144 valence electrons. The zero-order valence-electron chi connectivity index (χ0n) is 15.4. The predicted molar refractivity (Wildman–Crippen MR) is 112 cm³/mol. The molecule has 4 aromatic heterocycles. The summed E-state index contributed by atoms with van der Waals surface area (Å²) in [5.41, 5.74) is 4.73. The van der Waals surface area contributed by atoms with Crippen LogP contribution in [0.2, 0.25) is 5.02 Å². The number of aryl methyl sites for hydroxylation is 2. The van der Waals surface area contributed by atoms with Crippen molar-refractivity contribution >= 4 is 44.9 Å². The molecule has 1 aromatic carbocycles. The zero-order valence-corrected chi connectivity index (χ0v) is 17.0. The van der Waals surface area contributed by atoms with Crippen LogP contribution in [0.4, 0.5) is 10.8 Å². The van der Waals surface area contributed by atoms with Crippen LogP contribution < -0.4 is 5.32 Å². The summed E-state index contributed by atoms with van der Waals surface area (Å²) in [5, 5.41) is 12.2. The van der Waals surface area contributed by atoms with E-state index in [1.165, 1.54) is 11.5 Å². The Hall–Kier alpha value is -3.30. The van der Waals surface area contributed by atoms with E-state index in [4.69, 9.17) is 16.0 Å². The Balaban J connectivity index is 1.46. The highest BCUT2D eigenvalue weighted by atomic mass is 35.5. The Morgan fingerprint density at radius 2 is 2.00 bits per heavy atom. The number of oxazole rings is 1. The lowest BCUT2D eigenvalue weighted by Crippen LogP contribution is -1.93. The molecule has 0 atom stereocenters. The first-order valence-electron chi connectivity index (χ1n) is 8.71. The van der Waals surface area contributed by atoms with Crippen LogP contribution >= 0.6 is 23.1 Å². The van der Waals surface area contributed by atoms with E-state index < -0.39 is 0 Å². The van der Waals surface area contributed by atoms with Gasteiger partial charge in [0.15, 0.2) is 5.82 Å². The highest BCUT2D eigenvalue weighted by Crippen LogP contribution is 2.33. The molecule has 10 heteroatoms. The van der Waals surface area contributed by atoms with Crippen molar-refractivity contribution in [2.24, 2.45) is 0 Å². The minimum Gasteiger partial charge on any atom is -0.444 e. The van der Waals surface area contributed by atoms with Crippen molar-refractivity contribution in [3.63, 3.8) is 0 Å². The molecule has 0 saturated heterocycles. The number of aromatic amines is 1. The standard InChI is InChI=1S/C19H14ClN7OS/c1-9-5-11(18-23-10(2)8-28-18)6-15(22-9)17-25-19(29-27-17)24-14-4-3-13-12(16(14)20)7-21-26-13/h3-8H,1-2H3,(H,21,26)(H,24,25,27). The maximum absolute atomic E-state index is 6.47. The lowest BCUT2D eigenvalue weighted by molar-refractivity contribution is 0.573. The van der Waals surface area contributed by atoms with Gasteiger partial charge in [0, 0.05) is 28.2 Å². The summed E-state index contributed by atoms with van der Waals surface area (Å²) in [7, 11) is 0. The summed E-state index contributed by atoms with van der Waals surface area (Å²) in [5.74, 6) is 1.06. The van der Waals surface area contributed by atoms with Gasteiger partial charge in [-0.25, -0.2) is 9.97 Å². The molecule has 29 heavy (non-hydrogen) atoms. The number of anilines is 2. The average Bonchev–Trinajstić information content (AvgIpc) is 3.44. The van der Waals surface area contributed by atoms with Crippen LogP contribution in [0.3, 0.4) is 0 Å². The number of nitrogens with zero attached hydrogens (tertiary/aromatic N) is 5. The number of pyridine rings is 1. The molecule has 0 aliphatic heterocycles. The Kier molecular flexibility index (Phi) is 4.26. The molecule has 0 amide bonds. The predicted octanol–water partition coefficient (Wildman–Crippen LogP) is 5.15. The van der Waals surface area contributed by atoms with E-state index in [-0.39, 0.29) is 0 Å². The van der Waals surface area contributed by atoms with E-state index in [9.17, 15) is 0 Å². The van der Waals surface area contributed by atoms with Gasteiger partial charge in [-0.1, -0.05) is 11.6 Å². The number of fused-ring (bicyclic) bond motifs is 1. The van der Waals surface area contributed by atoms with Crippen molar-refractivity contribution < 1.29 is 4.42 Å². The van der Waals surface area contributed by atoms with Crippen LogP contribution in [0.25, 0.3) is 33.9 Å². The van der Waals surface area contributed by atoms with Gasteiger partial charge in [0.1, 0.15) is 12.0 Å². The first kappa shape index (κ1) is 17.8. The maximum atomic E-state index is 6.47. The Bertz CT molecular complexity index is 1340. The average molecular weight is 424 g/mol. The Morgan fingerprint density at radius 3 is 2.83 bits per heavy atom. The molecule has 0 fully saturated rings. The van der Waals surface area contributed by atoms with Crippen molar-refractivity contribution in [1.29, 1.82) is 0 Å². The molecule has 0 saturated carbocycles. The lowest BCUT2D eigenvalue weighted by Gasteiger charge is -2.05. The molecule has 0 aliphatic rings. The van der Waals surface area contributed by atoms with Crippen LogP contribution in [0.15, 0.2) is 41.1 Å². The zero-order chi connectivity index (χ0) is 20.0. The van der Waals surface area contributed by atoms with Gasteiger partial charge in [-0.2, -0.15) is 14.5 Å². The van der Waals surface area contributed by atoms with E-state index >= 15 is 0 Å². The lowest BCUT2D eigenvalue weighted by atomic mass is 10.2. The van der Waals surface area contributed by atoms with Crippen molar-refractivity contribution in [2.75, 3.05) is 5.32 Å². The van der Waals surface area contributed by atoms with Crippen LogP contribution in [0.5, 0.6) is 0 Å². The number of nitrogens with one attached hydrogen (secondary N) is 2. The molecule has 0 radical (unpaired) electrons. The van der Waals surface area contributed by atoms with Crippen LogP contribution in [0, 0.1) is 13.8 Å². The van der Waals surface area contributed by atoms with Gasteiger partial charge in [-0.05, 0) is 38.1 Å². The fourth-order valence-corrected chi connectivity index (χ4v) is 3.82. The fraction of sp³-hybridized carbons (Fsp3) is 0.105. The third-order valence-corrected chi connectivity index (χ3v) is 5.31. The highest BCUT2D eigenvalue weighted by molar-refractivity contribution is 7.10. The Labute approximate surface area is 174 Å². The monoisotopic (exact) mass is 423 g/mol. The fourth-order valence-electron chi connectivity index (χ4n) is 2.97. The van der Waals surface area contributed by atoms with E-state index in [0.717, 1.165) is 33.5 Å². The Morgan fingerprint density at radius 1 is 1.10 bits per heavy atom. The molecular weight excluding hydrogens is 410 g/mol. The molecule has 2 N–H and O–H groups in total. The number of rotatable bonds is 4. The van der Waals surface area contributed by atoms with Crippen molar-refractivity contribution in [3.8, 4) is 23.0 Å². The first-order valence-corrected chi connectivity index (χ1v) is 9.86. The van der Waals surface area contributed by atoms with Gasteiger partial charge in [-0.3, -0.25) is 5.10 Å².